The Bertz CT molecular complexity index is 1110. The Balaban J connectivity index is 1.60. The first-order chi connectivity index (χ1) is 16.9. The van der Waals surface area contributed by atoms with E-state index in [1.165, 1.54) is 5.69 Å². The number of nitrogen functional groups attached to an aromatic ring is 1. The molecule has 1 aliphatic carbocycles. The third-order valence-corrected chi connectivity index (χ3v) is 6.79. The summed E-state index contributed by atoms with van der Waals surface area (Å²) in [5, 5.41) is 10.0. The van der Waals surface area contributed by atoms with E-state index in [1.807, 2.05) is 12.1 Å². The summed E-state index contributed by atoms with van der Waals surface area (Å²) in [6, 6.07) is 5.97. The van der Waals surface area contributed by atoms with Gasteiger partial charge in [-0.15, -0.1) is 0 Å². The van der Waals surface area contributed by atoms with Crippen LogP contribution in [0.25, 0.3) is 0 Å². The third kappa shape index (κ3) is 5.37. The Morgan fingerprint density at radius 2 is 2.09 bits per heavy atom. The predicted octanol–water partition coefficient (Wildman–Crippen LogP) is 2.72. The van der Waals surface area contributed by atoms with Gasteiger partial charge in [0.25, 0.3) is 0 Å². The van der Waals surface area contributed by atoms with Crippen LogP contribution < -0.4 is 32.3 Å². The molecule has 1 fully saturated rings. The van der Waals surface area contributed by atoms with Gasteiger partial charge in [0.05, 0.1) is 5.92 Å². The molecule has 0 spiro atoms. The smallest absolute Gasteiger partial charge is 0.231 e. The first-order valence-corrected chi connectivity index (χ1v) is 12.1. The zero-order valence-electron chi connectivity index (χ0n) is 20.4. The number of amides is 1. The lowest BCUT2D eigenvalue weighted by molar-refractivity contribution is -0.122. The largest absolute Gasteiger partial charge is 0.382 e. The van der Waals surface area contributed by atoms with Crippen LogP contribution in [0.2, 0.25) is 0 Å². The molecule has 35 heavy (non-hydrogen) atoms. The highest BCUT2D eigenvalue weighted by Crippen LogP contribution is 2.35. The number of carbonyl (C=O) groups is 1. The number of rotatable bonds is 8. The quantitative estimate of drug-likeness (QED) is 0.288. The molecular weight excluding hydrogens is 442 g/mol. The third-order valence-electron chi connectivity index (χ3n) is 6.79. The molecule has 1 saturated heterocycles. The molecule has 0 bridgehead atoms. The number of anilines is 5. The Labute approximate surface area is 206 Å². The van der Waals surface area contributed by atoms with Crippen LogP contribution in [0.3, 0.4) is 0 Å². The lowest BCUT2D eigenvalue weighted by Crippen LogP contribution is -2.44. The topological polar surface area (TPSA) is 147 Å². The van der Waals surface area contributed by atoms with Crippen molar-refractivity contribution in [3.63, 3.8) is 0 Å². The van der Waals surface area contributed by atoms with Gasteiger partial charge in [0.2, 0.25) is 11.9 Å². The standard InChI is InChI=1S/C25H35N9O/c1-4-16-6-5-7-18(23(27)35)20(16)31-24-21(28-3)22(26)32-25(33-24)30-17-8-9-19(15(2)14-17)34-12-10-29-11-13-34/h5-6,8-9,14,16,18,20,29H,3-4,7,10-13H2,1-2H3,(H2,27,35)(H4,26,30,31,32,33). The Kier molecular flexibility index (Phi) is 7.50. The number of aromatic nitrogens is 2. The van der Waals surface area contributed by atoms with Crippen LogP contribution in [0, 0.1) is 18.8 Å². The summed E-state index contributed by atoms with van der Waals surface area (Å²) in [6.45, 7) is 11.7. The highest BCUT2D eigenvalue weighted by atomic mass is 16.1. The first kappa shape index (κ1) is 24.5. The number of nitrogens with two attached hydrogens (primary N) is 2. The second kappa shape index (κ2) is 10.7. The van der Waals surface area contributed by atoms with Gasteiger partial charge in [0, 0.05) is 43.6 Å². The Morgan fingerprint density at radius 1 is 1.31 bits per heavy atom. The van der Waals surface area contributed by atoms with Crippen LogP contribution in [-0.4, -0.2) is 54.8 Å². The van der Waals surface area contributed by atoms with Crippen LogP contribution >= 0.6 is 0 Å². The van der Waals surface area contributed by atoms with E-state index in [0.717, 1.165) is 43.9 Å². The number of benzene rings is 1. The molecule has 10 nitrogen and oxygen atoms in total. The number of hydrogen-bond acceptors (Lipinski definition) is 9. The highest BCUT2D eigenvalue weighted by molar-refractivity contribution is 5.80. The van der Waals surface area contributed by atoms with Crippen LogP contribution in [-0.2, 0) is 4.79 Å². The number of aryl methyl sites for hydroxylation is 1. The molecule has 0 saturated carbocycles. The summed E-state index contributed by atoms with van der Waals surface area (Å²) in [5.41, 5.74) is 15.5. The molecule has 10 heteroatoms. The fourth-order valence-electron chi connectivity index (χ4n) is 4.92. The highest BCUT2D eigenvalue weighted by Gasteiger charge is 2.34. The van der Waals surface area contributed by atoms with E-state index in [9.17, 15) is 4.79 Å². The minimum absolute atomic E-state index is 0.117. The lowest BCUT2D eigenvalue weighted by atomic mass is 9.79. The van der Waals surface area contributed by atoms with Crippen molar-refractivity contribution in [2.24, 2.45) is 22.6 Å². The van der Waals surface area contributed by atoms with Gasteiger partial charge in [-0.3, -0.25) is 9.79 Å². The zero-order chi connectivity index (χ0) is 24.9. The molecule has 7 N–H and O–H groups in total. The molecule has 0 radical (unpaired) electrons. The molecule has 186 valence electrons. The number of piperazine rings is 1. The van der Waals surface area contributed by atoms with Gasteiger partial charge in [0.1, 0.15) is 5.69 Å². The molecule has 4 rings (SSSR count). The molecule has 2 aliphatic rings. The van der Waals surface area contributed by atoms with Gasteiger partial charge in [0.15, 0.2) is 11.6 Å². The molecule has 1 aromatic heterocycles. The molecule has 1 amide bonds. The van der Waals surface area contributed by atoms with Crippen molar-refractivity contribution in [3.8, 4) is 0 Å². The summed E-state index contributed by atoms with van der Waals surface area (Å²) in [6.07, 6.45) is 5.55. The summed E-state index contributed by atoms with van der Waals surface area (Å²) in [4.78, 5) is 27.6. The summed E-state index contributed by atoms with van der Waals surface area (Å²) < 4.78 is 0. The Morgan fingerprint density at radius 3 is 2.74 bits per heavy atom. The second-order valence-electron chi connectivity index (χ2n) is 9.07. The minimum atomic E-state index is -0.365. The van der Waals surface area contributed by atoms with Crippen molar-refractivity contribution in [1.29, 1.82) is 0 Å². The van der Waals surface area contributed by atoms with Crippen LogP contribution in [0.1, 0.15) is 25.3 Å². The normalized spacial score (nSPS) is 22.0. The van der Waals surface area contributed by atoms with E-state index >= 15 is 0 Å². The average molecular weight is 478 g/mol. The first-order valence-electron chi connectivity index (χ1n) is 12.1. The van der Waals surface area contributed by atoms with E-state index in [0.29, 0.717) is 23.9 Å². The number of allylic oxidation sites excluding steroid dienone is 1. The number of carbonyl (C=O) groups excluding carboxylic acids is 1. The summed E-state index contributed by atoms with van der Waals surface area (Å²) in [7, 11) is 0. The van der Waals surface area contributed by atoms with Crippen LogP contribution in [0.15, 0.2) is 35.3 Å². The van der Waals surface area contributed by atoms with E-state index in [2.05, 4.69) is 74.6 Å². The Hall–Kier alpha value is -3.66. The fourth-order valence-corrected chi connectivity index (χ4v) is 4.92. The van der Waals surface area contributed by atoms with Crippen LogP contribution in [0.4, 0.5) is 34.6 Å². The SMILES string of the molecule is C=Nc1c(N)nc(Nc2ccc(N3CCNCC3)c(C)c2)nc1NC1C(CC)C=CCC1C(N)=O. The lowest BCUT2D eigenvalue weighted by Gasteiger charge is -2.34. The summed E-state index contributed by atoms with van der Waals surface area (Å²) >= 11 is 0. The maximum absolute atomic E-state index is 12.2. The van der Waals surface area contributed by atoms with E-state index in [4.69, 9.17) is 11.5 Å². The molecule has 3 atom stereocenters. The van der Waals surface area contributed by atoms with Gasteiger partial charge < -0.3 is 32.3 Å². The molecular formula is C25H35N9O. The van der Waals surface area contributed by atoms with E-state index in [1.54, 1.807) is 0 Å². The fraction of sp³-hybridized carbons (Fsp3) is 0.440. The average Bonchev–Trinajstić information content (AvgIpc) is 2.84. The van der Waals surface area contributed by atoms with Crippen molar-refractivity contribution in [3.05, 3.63) is 35.9 Å². The molecule has 2 aromatic rings. The van der Waals surface area contributed by atoms with Crippen molar-refractivity contribution < 1.29 is 4.79 Å². The van der Waals surface area contributed by atoms with Crippen molar-refractivity contribution >= 4 is 47.3 Å². The van der Waals surface area contributed by atoms with Gasteiger partial charge in [-0.1, -0.05) is 19.1 Å². The predicted molar refractivity (Wildman–Crippen MR) is 143 cm³/mol. The molecule has 2 heterocycles. The minimum Gasteiger partial charge on any atom is -0.382 e. The van der Waals surface area contributed by atoms with Gasteiger partial charge >= 0.3 is 0 Å². The number of hydrogen-bond donors (Lipinski definition) is 5. The van der Waals surface area contributed by atoms with Crippen molar-refractivity contribution in [2.45, 2.75) is 32.7 Å². The van der Waals surface area contributed by atoms with Gasteiger partial charge in [-0.05, 0) is 56.2 Å². The van der Waals surface area contributed by atoms with Gasteiger partial charge in [-0.2, -0.15) is 9.97 Å². The number of nitrogens with one attached hydrogen (secondary N) is 3. The van der Waals surface area contributed by atoms with Gasteiger partial charge in [-0.25, -0.2) is 0 Å². The molecule has 1 aromatic carbocycles. The maximum atomic E-state index is 12.2. The monoisotopic (exact) mass is 477 g/mol. The summed E-state index contributed by atoms with van der Waals surface area (Å²) in [5.74, 6) is 0.362. The molecule has 3 unspecified atom stereocenters. The number of nitrogens with zero attached hydrogens (tertiary/aromatic N) is 4. The van der Waals surface area contributed by atoms with Crippen molar-refractivity contribution in [2.75, 3.05) is 47.4 Å². The number of primary amides is 1. The van der Waals surface area contributed by atoms with Crippen LogP contribution in [0.5, 0.6) is 0 Å². The van der Waals surface area contributed by atoms with E-state index < -0.39 is 0 Å². The molecule has 1 aliphatic heterocycles. The van der Waals surface area contributed by atoms with Crippen molar-refractivity contribution in [1.82, 2.24) is 15.3 Å². The second-order valence-corrected chi connectivity index (χ2v) is 9.07. The zero-order valence-corrected chi connectivity index (χ0v) is 20.4. The van der Waals surface area contributed by atoms with E-state index in [-0.39, 0.29) is 29.6 Å². The maximum Gasteiger partial charge on any atom is 0.231 e. The number of aliphatic imine (C=N–C) groups is 1.